The van der Waals surface area contributed by atoms with Gasteiger partial charge in [0.2, 0.25) is 0 Å². The van der Waals surface area contributed by atoms with Gasteiger partial charge < -0.3 is 18.4 Å². The van der Waals surface area contributed by atoms with Crippen LogP contribution in [0.5, 0.6) is 11.5 Å². The molecule has 0 saturated carbocycles. The van der Waals surface area contributed by atoms with Gasteiger partial charge in [-0.2, -0.15) is 10.5 Å². The second-order valence-electron chi connectivity index (χ2n) is 18.0. The van der Waals surface area contributed by atoms with E-state index in [4.69, 9.17) is 14.7 Å². The summed E-state index contributed by atoms with van der Waals surface area (Å²) in [6.07, 6.45) is 3.69. The van der Waals surface area contributed by atoms with Crippen LogP contribution in [0, 0.1) is 22.7 Å². The van der Waals surface area contributed by atoms with Gasteiger partial charge in [-0.25, -0.2) is 0 Å². The van der Waals surface area contributed by atoms with Gasteiger partial charge in [0.15, 0.2) is 0 Å². The van der Waals surface area contributed by atoms with Crippen molar-refractivity contribution in [3.63, 3.8) is 0 Å². The van der Waals surface area contributed by atoms with E-state index in [1.165, 1.54) is 10.8 Å². The molecule has 0 unspecified atom stereocenters. The summed E-state index contributed by atoms with van der Waals surface area (Å²) in [5.41, 5.74) is 15.4. The van der Waals surface area contributed by atoms with Crippen molar-refractivity contribution in [3.05, 3.63) is 234 Å². The van der Waals surface area contributed by atoms with E-state index < -0.39 is 5.41 Å². The molecule has 69 heavy (non-hydrogen) atoms. The van der Waals surface area contributed by atoms with Gasteiger partial charge >= 0.3 is 0 Å². The van der Waals surface area contributed by atoms with Crippen LogP contribution in [-0.2, 0) is 5.41 Å². The van der Waals surface area contributed by atoms with E-state index in [0.717, 1.165) is 117 Å². The van der Waals surface area contributed by atoms with E-state index in [1.54, 1.807) is 0 Å². The number of hydrogen-bond acceptors (Lipinski definition) is 5. The molecule has 0 radical (unpaired) electrons. The predicted molar refractivity (Wildman–Crippen MR) is 272 cm³/mol. The fourth-order valence-corrected chi connectivity index (χ4v) is 11.9. The molecule has 0 N–H and O–H groups in total. The van der Waals surface area contributed by atoms with Crippen LogP contribution >= 0.6 is 0 Å². The summed E-state index contributed by atoms with van der Waals surface area (Å²) >= 11 is 0. The first-order valence-electron chi connectivity index (χ1n) is 22.9. The Morgan fingerprint density at radius 3 is 1.25 bits per heavy atom. The monoisotopic (exact) mass is 879 g/mol. The highest BCUT2D eigenvalue weighted by molar-refractivity contribution is 6.13. The molecule has 0 saturated heterocycles. The summed E-state index contributed by atoms with van der Waals surface area (Å²) in [6, 6.07) is 70.2. The smallest absolute Gasteiger partial charge is 0.134 e. The maximum absolute atomic E-state index is 10.2. The summed E-state index contributed by atoms with van der Waals surface area (Å²) in [4.78, 5) is 9.95. The molecule has 8 heteroatoms. The molecule has 15 rings (SSSR count). The zero-order valence-corrected chi connectivity index (χ0v) is 36.6. The van der Waals surface area contributed by atoms with Crippen LogP contribution in [0.25, 0.3) is 93.9 Å². The quantitative estimate of drug-likeness (QED) is 0.176. The number of fused-ring (bicyclic) bond motifs is 18. The van der Waals surface area contributed by atoms with Gasteiger partial charge in [-0.3, -0.25) is 9.97 Å². The van der Waals surface area contributed by atoms with Crippen molar-refractivity contribution in [1.29, 1.82) is 10.5 Å². The van der Waals surface area contributed by atoms with Gasteiger partial charge in [-0.1, -0.05) is 78.9 Å². The fourth-order valence-electron chi connectivity index (χ4n) is 11.9. The number of para-hydroxylation sites is 3. The highest BCUT2D eigenvalue weighted by Crippen LogP contribution is 2.62. The minimum Gasteiger partial charge on any atom is -0.457 e. The molecule has 6 heterocycles. The second-order valence-corrected chi connectivity index (χ2v) is 18.0. The van der Waals surface area contributed by atoms with Gasteiger partial charge in [0.05, 0.1) is 73.2 Å². The first-order valence-corrected chi connectivity index (χ1v) is 22.9. The highest BCUT2D eigenvalue weighted by atomic mass is 16.5. The van der Waals surface area contributed by atoms with Crippen molar-refractivity contribution >= 4 is 65.4 Å². The number of benzene rings is 8. The normalized spacial score (nSPS) is 13.1. The van der Waals surface area contributed by atoms with E-state index in [1.807, 2.05) is 60.9 Å². The number of hydrogen-bond donors (Lipinski definition) is 0. The zero-order valence-electron chi connectivity index (χ0n) is 36.6. The third kappa shape index (κ3) is 4.88. The summed E-state index contributed by atoms with van der Waals surface area (Å²) < 4.78 is 14.2. The molecule has 8 aromatic carbocycles. The number of rotatable bonds is 3. The lowest BCUT2D eigenvalue weighted by Gasteiger charge is -2.39. The number of pyridine rings is 2. The standard InChI is InChI=1S/C61H33N7O/c62-34-36-17-24-54-44(29-36)43-11-3-6-16-53(43)67(54)39-19-22-47-57(32-39)69-58-33-40(20-23-48(58)61(47)49-12-7-27-64-59(49)60-50(61)13-8-28-65-60)68-55-25-18-37(35-63)30-45(55)46-31-38(21-26-56(46)68)66-51-14-4-1-9-41(51)42-10-2-5-15-52(42)66/h1-33H. The Kier molecular flexibility index (Phi) is 7.41. The molecule has 8 nitrogen and oxygen atoms in total. The summed E-state index contributed by atoms with van der Waals surface area (Å²) in [6.45, 7) is 0. The summed E-state index contributed by atoms with van der Waals surface area (Å²) in [5, 5.41) is 26.6. The van der Waals surface area contributed by atoms with Crippen molar-refractivity contribution in [2.75, 3.05) is 0 Å². The first-order chi connectivity index (χ1) is 34.1. The van der Waals surface area contributed by atoms with Gasteiger partial charge in [0, 0.05) is 85.0 Å². The Balaban J connectivity index is 0.975. The van der Waals surface area contributed by atoms with E-state index in [2.05, 4.69) is 165 Å². The number of aromatic nitrogens is 5. The molecule has 0 fully saturated rings. The summed E-state index contributed by atoms with van der Waals surface area (Å²) in [7, 11) is 0. The molecule has 1 aliphatic carbocycles. The Morgan fingerprint density at radius 2 is 0.754 bits per heavy atom. The van der Waals surface area contributed by atoms with Crippen molar-refractivity contribution in [1.82, 2.24) is 23.7 Å². The zero-order chi connectivity index (χ0) is 45.5. The fraction of sp³-hybridized carbons (Fsp3) is 0.0164. The van der Waals surface area contributed by atoms with Crippen LogP contribution < -0.4 is 4.74 Å². The minimum atomic E-state index is -0.796. The maximum Gasteiger partial charge on any atom is 0.134 e. The molecule has 0 amide bonds. The molecule has 0 bridgehead atoms. The van der Waals surface area contributed by atoms with Crippen molar-refractivity contribution < 1.29 is 4.74 Å². The highest BCUT2D eigenvalue weighted by Gasteiger charge is 2.52. The Labute approximate surface area is 394 Å². The van der Waals surface area contributed by atoms with E-state index in [0.29, 0.717) is 11.1 Å². The van der Waals surface area contributed by atoms with Crippen molar-refractivity contribution in [3.8, 4) is 52.1 Å². The van der Waals surface area contributed by atoms with Crippen LogP contribution in [0.1, 0.15) is 33.4 Å². The van der Waals surface area contributed by atoms with Gasteiger partial charge in [-0.05, 0) is 108 Å². The van der Waals surface area contributed by atoms with Crippen LogP contribution in [0.4, 0.5) is 0 Å². The molecule has 2 aliphatic rings. The topological polar surface area (TPSA) is 97.4 Å². The Morgan fingerprint density at radius 1 is 0.362 bits per heavy atom. The lowest BCUT2D eigenvalue weighted by Crippen LogP contribution is -2.32. The van der Waals surface area contributed by atoms with Crippen LogP contribution in [0.15, 0.2) is 200 Å². The number of nitrogens with zero attached hydrogens (tertiary/aromatic N) is 7. The average molecular weight is 880 g/mol. The van der Waals surface area contributed by atoms with E-state index >= 15 is 0 Å². The van der Waals surface area contributed by atoms with Crippen molar-refractivity contribution in [2.45, 2.75) is 5.41 Å². The van der Waals surface area contributed by atoms with E-state index in [-0.39, 0.29) is 0 Å². The molecule has 5 aromatic heterocycles. The molecule has 1 spiro atoms. The van der Waals surface area contributed by atoms with Crippen LogP contribution in [0.3, 0.4) is 0 Å². The molecule has 13 aromatic rings. The third-order valence-electron chi connectivity index (χ3n) is 14.6. The third-order valence-corrected chi connectivity index (χ3v) is 14.6. The summed E-state index contributed by atoms with van der Waals surface area (Å²) in [5.74, 6) is 1.44. The molecular weight excluding hydrogens is 847 g/mol. The van der Waals surface area contributed by atoms with Crippen LogP contribution in [0.2, 0.25) is 0 Å². The molecule has 0 atom stereocenters. The second kappa shape index (κ2) is 13.6. The maximum atomic E-state index is 10.2. The van der Waals surface area contributed by atoms with Gasteiger partial charge in [0.25, 0.3) is 0 Å². The molecule has 318 valence electrons. The number of ether oxygens (including phenoxy) is 1. The number of nitriles is 2. The largest absolute Gasteiger partial charge is 0.457 e. The van der Waals surface area contributed by atoms with Crippen molar-refractivity contribution in [2.24, 2.45) is 0 Å². The predicted octanol–water partition coefficient (Wildman–Crippen LogP) is 14.0. The SMILES string of the molecule is N#Cc1ccc2c(c1)c1ccccc1n2-c1ccc2c(c1)Oc1cc(-n3c4ccc(C#N)cc4c4cc(-n5c6ccccc6c6ccccc65)ccc43)ccc1C21c2cccnc2-c2ncccc21. The minimum absolute atomic E-state index is 0.599. The average Bonchev–Trinajstić information content (AvgIpc) is 4.12. The molecular formula is C61H33N7O. The Hall–Kier alpha value is -9.76. The van der Waals surface area contributed by atoms with Crippen LogP contribution in [-0.4, -0.2) is 23.7 Å². The van der Waals surface area contributed by atoms with Gasteiger partial charge in [0.1, 0.15) is 11.5 Å². The van der Waals surface area contributed by atoms with Gasteiger partial charge in [-0.15, -0.1) is 0 Å². The van der Waals surface area contributed by atoms with E-state index in [9.17, 15) is 10.5 Å². The molecule has 1 aliphatic heterocycles. The Bertz CT molecular complexity index is 4420. The lowest BCUT2D eigenvalue weighted by molar-refractivity contribution is 0.436. The first kappa shape index (κ1) is 37.5. The lowest BCUT2D eigenvalue weighted by atomic mass is 9.66.